The Labute approximate surface area is 230 Å². The lowest BCUT2D eigenvalue weighted by Crippen LogP contribution is -2.58. The molecule has 4 aliphatic carbocycles. The standard InChI is InChI=1S/C30H53NO6S/c1-18(2)14-21(17-38(35,36)37)31-28(34)11-6-19(3)24-9-10-25-23-8-7-20-15-22(32)12-13-29(20,4)26(23)16-27(33)30(24,25)5/h18-27,32-33H,6-17H2,1-5H3,(H,31,34)(H,35,36,37)/p-1/t19-,20-,21-,22-,23+,24-,25+,26+,27+,29+,30-/m1/s1. The van der Waals surface area contributed by atoms with E-state index in [4.69, 9.17) is 0 Å². The summed E-state index contributed by atoms with van der Waals surface area (Å²) in [6, 6.07) is -0.650. The minimum absolute atomic E-state index is 0.148. The van der Waals surface area contributed by atoms with E-state index in [0.29, 0.717) is 48.9 Å². The van der Waals surface area contributed by atoms with E-state index in [1.165, 1.54) is 12.8 Å². The molecule has 0 aromatic rings. The molecule has 4 rings (SSSR count). The number of fused-ring (bicyclic) bond motifs is 5. The van der Waals surface area contributed by atoms with E-state index >= 15 is 0 Å². The van der Waals surface area contributed by atoms with E-state index in [2.05, 4.69) is 26.1 Å². The fourth-order valence-corrected chi connectivity index (χ4v) is 10.7. The molecule has 11 atom stereocenters. The number of nitrogens with one attached hydrogen (secondary N) is 1. The zero-order valence-electron chi connectivity index (χ0n) is 24.2. The number of aliphatic hydroxyl groups excluding tert-OH is 2. The maximum absolute atomic E-state index is 12.8. The summed E-state index contributed by atoms with van der Waals surface area (Å²) in [6.07, 6.45) is 9.26. The second-order valence-corrected chi connectivity index (χ2v) is 16.0. The molecule has 4 saturated carbocycles. The number of amides is 1. The molecule has 0 bridgehead atoms. The van der Waals surface area contributed by atoms with E-state index in [9.17, 15) is 28.0 Å². The third-order valence-corrected chi connectivity index (χ3v) is 12.7. The molecule has 0 aliphatic heterocycles. The maximum Gasteiger partial charge on any atom is 0.220 e. The van der Waals surface area contributed by atoms with Crippen LogP contribution in [-0.4, -0.2) is 53.1 Å². The largest absolute Gasteiger partial charge is 0.748 e. The van der Waals surface area contributed by atoms with E-state index < -0.39 is 21.9 Å². The zero-order chi connectivity index (χ0) is 28.0. The van der Waals surface area contributed by atoms with Gasteiger partial charge in [0.05, 0.1) is 28.1 Å². The Kier molecular flexibility index (Phi) is 8.99. The lowest BCUT2D eigenvalue weighted by Gasteiger charge is -2.62. The second-order valence-electron chi connectivity index (χ2n) is 14.5. The third kappa shape index (κ3) is 5.99. The van der Waals surface area contributed by atoms with E-state index in [1.54, 1.807) is 0 Å². The Bertz CT molecular complexity index is 954. The van der Waals surface area contributed by atoms with Crippen molar-refractivity contribution >= 4 is 16.0 Å². The Morgan fingerprint density at radius 1 is 1.03 bits per heavy atom. The number of carbonyl (C=O) groups is 1. The van der Waals surface area contributed by atoms with Crippen molar-refractivity contribution in [2.45, 2.75) is 123 Å². The molecule has 4 aliphatic rings. The highest BCUT2D eigenvalue weighted by molar-refractivity contribution is 7.85. The topological polar surface area (TPSA) is 127 Å². The van der Waals surface area contributed by atoms with Crippen LogP contribution >= 0.6 is 0 Å². The van der Waals surface area contributed by atoms with Gasteiger partial charge in [0, 0.05) is 12.5 Å². The van der Waals surface area contributed by atoms with Crippen LogP contribution in [0.5, 0.6) is 0 Å². The van der Waals surface area contributed by atoms with Crippen molar-refractivity contribution in [3.05, 3.63) is 0 Å². The summed E-state index contributed by atoms with van der Waals surface area (Å²) in [5.74, 6) is 2.25. The minimum Gasteiger partial charge on any atom is -0.748 e. The molecule has 0 spiro atoms. The predicted octanol–water partition coefficient (Wildman–Crippen LogP) is 4.47. The summed E-state index contributed by atoms with van der Waals surface area (Å²) >= 11 is 0. The molecule has 220 valence electrons. The van der Waals surface area contributed by atoms with Crippen molar-refractivity contribution in [2.75, 3.05) is 5.75 Å². The van der Waals surface area contributed by atoms with Gasteiger partial charge in [-0.15, -0.1) is 0 Å². The van der Waals surface area contributed by atoms with Crippen molar-refractivity contribution in [3.63, 3.8) is 0 Å². The fourth-order valence-electron chi connectivity index (χ4n) is 10.0. The molecule has 1 amide bonds. The van der Waals surface area contributed by atoms with Crippen LogP contribution in [0.25, 0.3) is 0 Å². The number of hydrogen-bond acceptors (Lipinski definition) is 6. The fraction of sp³-hybridized carbons (Fsp3) is 0.967. The first-order valence-electron chi connectivity index (χ1n) is 15.2. The normalized spacial score (nSPS) is 42.6. The van der Waals surface area contributed by atoms with E-state index in [-0.39, 0.29) is 40.8 Å². The minimum atomic E-state index is -4.42. The Balaban J connectivity index is 1.39. The summed E-state index contributed by atoms with van der Waals surface area (Å²) in [7, 11) is -4.42. The van der Waals surface area contributed by atoms with Gasteiger partial charge < -0.3 is 20.1 Å². The van der Waals surface area contributed by atoms with Gasteiger partial charge in [-0.05, 0) is 116 Å². The highest BCUT2D eigenvalue weighted by atomic mass is 32.2. The van der Waals surface area contributed by atoms with Gasteiger partial charge in [0.25, 0.3) is 0 Å². The number of rotatable bonds is 9. The van der Waals surface area contributed by atoms with Crippen molar-refractivity contribution in [1.29, 1.82) is 0 Å². The molecule has 8 heteroatoms. The van der Waals surface area contributed by atoms with Crippen molar-refractivity contribution in [3.8, 4) is 0 Å². The molecule has 3 N–H and O–H groups in total. The maximum atomic E-state index is 12.8. The molecular weight excluding hydrogens is 502 g/mol. The number of carbonyl (C=O) groups excluding carboxylic acids is 1. The third-order valence-electron chi connectivity index (χ3n) is 11.9. The molecule has 0 radical (unpaired) electrons. The van der Waals surface area contributed by atoms with Crippen molar-refractivity contribution in [1.82, 2.24) is 5.32 Å². The smallest absolute Gasteiger partial charge is 0.220 e. The Morgan fingerprint density at radius 3 is 2.39 bits per heavy atom. The first kappa shape index (κ1) is 30.3. The number of hydrogen-bond donors (Lipinski definition) is 3. The zero-order valence-corrected chi connectivity index (χ0v) is 25.0. The first-order valence-corrected chi connectivity index (χ1v) is 16.8. The highest BCUT2D eigenvalue weighted by Crippen LogP contribution is 2.68. The van der Waals surface area contributed by atoms with Crippen LogP contribution < -0.4 is 5.32 Å². The van der Waals surface area contributed by atoms with Gasteiger partial charge in [-0.25, -0.2) is 8.42 Å². The average molecular weight is 555 g/mol. The summed E-state index contributed by atoms with van der Waals surface area (Å²) in [6.45, 7) is 10.8. The molecule has 0 heterocycles. The van der Waals surface area contributed by atoms with Gasteiger partial charge in [0.1, 0.15) is 0 Å². The SMILES string of the molecule is CC(C)C[C@H](CS(=O)(=O)[O-])NC(=O)CC[C@@H](C)[C@H]1CC[C@H]2[C@@H]3CC[C@@H]4C[C@H](O)CC[C@]4(C)[C@H]3C[C@H](O)[C@]12C. The van der Waals surface area contributed by atoms with Crippen LogP contribution in [0.2, 0.25) is 0 Å². The Morgan fingerprint density at radius 2 is 1.74 bits per heavy atom. The molecule has 7 nitrogen and oxygen atoms in total. The van der Waals surface area contributed by atoms with Crippen molar-refractivity contribution in [2.24, 2.45) is 52.3 Å². The van der Waals surface area contributed by atoms with Crippen LogP contribution in [0, 0.1) is 52.3 Å². The van der Waals surface area contributed by atoms with E-state index in [0.717, 1.165) is 38.5 Å². The lowest BCUT2D eigenvalue weighted by molar-refractivity contribution is -0.174. The van der Waals surface area contributed by atoms with E-state index in [1.807, 2.05) is 13.8 Å². The molecule has 0 saturated heterocycles. The lowest BCUT2D eigenvalue weighted by atomic mass is 9.43. The summed E-state index contributed by atoms with van der Waals surface area (Å²) in [5.41, 5.74) is 0.0710. The molecule has 4 fully saturated rings. The first-order chi connectivity index (χ1) is 17.6. The Hall–Kier alpha value is -0.700. The number of aliphatic hydroxyl groups is 2. The van der Waals surface area contributed by atoms with Gasteiger partial charge in [-0.3, -0.25) is 4.79 Å². The van der Waals surface area contributed by atoms with Crippen LogP contribution in [0.1, 0.15) is 105 Å². The molecule has 38 heavy (non-hydrogen) atoms. The summed E-state index contributed by atoms with van der Waals surface area (Å²) in [4.78, 5) is 12.8. The molecule has 0 aromatic carbocycles. The van der Waals surface area contributed by atoms with Crippen LogP contribution in [-0.2, 0) is 14.9 Å². The molecular formula is C30H52NO6S-. The quantitative estimate of drug-likeness (QED) is 0.361. The van der Waals surface area contributed by atoms with Crippen LogP contribution in [0.3, 0.4) is 0 Å². The van der Waals surface area contributed by atoms with Gasteiger partial charge >= 0.3 is 0 Å². The highest BCUT2D eigenvalue weighted by Gasteiger charge is 2.63. The van der Waals surface area contributed by atoms with Gasteiger partial charge in [0.15, 0.2) is 0 Å². The summed E-state index contributed by atoms with van der Waals surface area (Å²) in [5, 5.41) is 24.8. The van der Waals surface area contributed by atoms with Crippen LogP contribution in [0.15, 0.2) is 0 Å². The average Bonchev–Trinajstić information content (AvgIpc) is 3.16. The van der Waals surface area contributed by atoms with Crippen molar-refractivity contribution < 1.29 is 28.0 Å². The van der Waals surface area contributed by atoms with Gasteiger partial charge in [0.2, 0.25) is 5.91 Å². The van der Waals surface area contributed by atoms with Crippen LogP contribution in [0.4, 0.5) is 0 Å². The molecule has 0 unspecified atom stereocenters. The van der Waals surface area contributed by atoms with Gasteiger partial charge in [-0.1, -0.05) is 34.6 Å². The second kappa shape index (κ2) is 11.3. The molecule has 0 aromatic heterocycles. The predicted molar refractivity (Wildman–Crippen MR) is 147 cm³/mol. The monoisotopic (exact) mass is 554 g/mol. The summed E-state index contributed by atoms with van der Waals surface area (Å²) < 4.78 is 33.9. The van der Waals surface area contributed by atoms with Gasteiger partial charge in [-0.2, -0.15) is 0 Å².